The Hall–Kier alpha value is -1.73. The van der Waals surface area contributed by atoms with Gasteiger partial charge in [-0.1, -0.05) is 30.3 Å². The van der Waals surface area contributed by atoms with Crippen molar-refractivity contribution in [2.24, 2.45) is 11.8 Å². The van der Waals surface area contributed by atoms with Gasteiger partial charge in [0.1, 0.15) is 11.6 Å². The number of halogens is 3. The summed E-state index contributed by atoms with van der Waals surface area (Å²) in [5.74, 6) is -7.11. The zero-order chi connectivity index (χ0) is 18.4. The van der Waals surface area contributed by atoms with Gasteiger partial charge in [-0.2, -0.15) is 13.2 Å². The van der Waals surface area contributed by atoms with Crippen LogP contribution in [0.3, 0.4) is 0 Å². The molecule has 1 saturated heterocycles. The molecule has 0 radical (unpaired) electrons. The Bertz CT molecular complexity index is 673. The van der Waals surface area contributed by atoms with Gasteiger partial charge >= 0.3 is 6.18 Å². The van der Waals surface area contributed by atoms with Crippen LogP contribution < -0.4 is 0 Å². The first-order valence-electron chi connectivity index (χ1n) is 8.20. The molecule has 25 heavy (non-hydrogen) atoms. The van der Waals surface area contributed by atoms with E-state index in [1.165, 1.54) is 0 Å². The molecule has 1 aromatic rings. The summed E-state index contributed by atoms with van der Waals surface area (Å²) in [4.78, 5) is 24.7. The molecule has 0 aromatic heterocycles. The summed E-state index contributed by atoms with van der Waals surface area (Å²) in [6.07, 6.45) is -6.93. The average Bonchev–Trinajstić information content (AvgIpc) is 2.52. The third kappa shape index (κ3) is 3.11. The van der Waals surface area contributed by atoms with Crippen molar-refractivity contribution in [2.75, 3.05) is 0 Å². The van der Waals surface area contributed by atoms with E-state index in [1.807, 2.05) is 0 Å². The fourth-order valence-electron chi connectivity index (χ4n) is 4.19. The van der Waals surface area contributed by atoms with E-state index < -0.39 is 41.6 Å². The Labute approximate surface area is 143 Å². The van der Waals surface area contributed by atoms with Crippen molar-refractivity contribution in [3.05, 3.63) is 35.9 Å². The smallest absolute Gasteiger partial charge is 0.365 e. The van der Waals surface area contributed by atoms with Gasteiger partial charge in [0.2, 0.25) is 0 Å². The van der Waals surface area contributed by atoms with E-state index in [1.54, 1.807) is 30.3 Å². The van der Waals surface area contributed by atoms with E-state index in [9.17, 15) is 27.9 Å². The minimum Gasteiger partial charge on any atom is -0.365 e. The SMILES string of the molecule is CC(=O)C1C(c2ccccc2)C2C(=O)CCCC2(O)OC1C(F)(F)F. The topological polar surface area (TPSA) is 63.6 Å². The van der Waals surface area contributed by atoms with Gasteiger partial charge < -0.3 is 9.84 Å². The second-order valence-electron chi connectivity index (χ2n) is 6.80. The number of hydrogen-bond donors (Lipinski definition) is 1. The van der Waals surface area contributed by atoms with Gasteiger partial charge in [-0.05, 0) is 18.9 Å². The number of aliphatic hydroxyl groups is 1. The summed E-state index contributed by atoms with van der Waals surface area (Å²) < 4.78 is 45.8. The predicted molar refractivity (Wildman–Crippen MR) is 81.6 cm³/mol. The lowest BCUT2D eigenvalue weighted by Gasteiger charge is -2.52. The van der Waals surface area contributed by atoms with E-state index in [4.69, 9.17) is 4.74 Å². The van der Waals surface area contributed by atoms with Crippen LogP contribution in [-0.4, -0.2) is 34.7 Å². The lowest BCUT2D eigenvalue weighted by molar-refractivity contribution is -0.356. The van der Waals surface area contributed by atoms with Crippen LogP contribution in [0.5, 0.6) is 0 Å². The Morgan fingerprint density at radius 3 is 2.48 bits per heavy atom. The van der Waals surface area contributed by atoms with Crippen LogP contribution in [0.25, 0.3) is 0 Å². The van der Waals surface area contributed by atoms with Gasteiger partial charge in [0.25, 0.3) is 0 Å². The fourth-order valence-corrected chi connectivity index (χ4v) is 4.19. The number of alkyl halides is 3. The fraction of sp³-hybridized carbons (Fsp3) is 0.556. The van der Waals surface area contributed by atoms with Crippen molar-refractivity contribution in [2.45, 2.75) is 50.2 Å². The molecule has 1 aliphatic carbocycles. The van der Waals surface area contributed by atoms with Crippen molar-refractivity contribution in [3.63, 3.8) is 0 Å². The number of Topliss-reactive ketones (excluding diaryl/α,β-unsaturated/α-hetero) is 2. The Morgan fingerprint density at radius 1 is 1.28 bits per heavy atom. The molecule has 4 nitrogen and oxygen atoms in total. The number of carbonyl (C=O) groups excluding carboxylic acids is 2. The second kappa shape index (κ2) is 6.21. The molecule has 2 aliphatic rings. The highest BCUT2D eigenvalue weighted by molar-refractivity contribution is 5.87. The monoisotopic (exact) mass is 356 g/mol. The quantitative estimate of drug-likeness (QED) is 0.885. The lowest BCUT2D eigenvalue weighted by atomic mass is 9.63. The van der Waals surface area contributed by atoms with Gasteiger partial charge in [0.15, 0.2) is 11.9 Å². The van der Waals surface area contributed by atoms with Crippen molar-refractivity contribution < 1.29 is 32.6 Å². The average molecular weight is 356 g/mol. The molecule has 1 N–H and O–H groups in total. The maximum atomic E-state index is 13.6. The van der Waals surface area contributed by atoms with Crippen LogP contribution >= 0.6 is 0 Å². The number of ether oxygens (including phenoxy) is 1. The Morgan fingerprint density at radius 2 is 1.92 bits per heavy atom. The zero-order valence-electron chi connectivity index (χ0n) is 13.6. The van der Waals surface area contributed by atoms with Crippen molar-refractivity contribution >= 4 is 11.6 Å². The van der Waals surface area contributed by atoms with E-state index in [0.717, 1.165) is 6.92 Å². The minimum absolute atomic E-state index is 0.0655. The molecule has 7 heteroatoms. The zero-order valence-corrected chi connectivity index (χ0v) is 13.6. The molecular weight excluding hydrogens is 337 g/mol. The molecule has 5 atom stereocenters. The van der Waals surface area contributed by atoms with E-state index >= 15 is 0 Å². The number of ketones is 2. The summed E-state index contributed by atoms with van der Waals surface area (Å²) in [7, 11) is 0. The van der Waals surface area contributed by atoms with E-state index in [0.29, 0.717) is 5.56 Å². The van der Waals surface area contributed by atoms with Crippen molar-refractivity contribution in [1.82, 2.24) is 0 Å². The molecule has 1 saturated carbocycles. The molecule has 5 unspecified atom stereocenters. The van der Waals surface area contributed by atoms with Gasteiger partial charge in [0.05, 0.1) is 11.8 Å². The minimum atomic E-state index is -4.83. The van der Waals surface area contributed by atoms with Crippen molar-refractivity contribution in [3.8, 4) is 0 Å². The van der Waals surface area contributed by atoms with Gasteiger partial charge in [-0.3, -0.25) is 9.59 Å². The largest absolute Gasteiger partial charge is 0.415 e. The van der Waals surface area contributed by atoms with Crippen LogP contribution in [0.15, 0.2) is 30.3 Å². The van der Waals surface area contributed by atoms with E-state index in [-0.39, 0.29) is 25.0 Å². The van der Waals surface area contributed by atoms with Gasteiger partial charge in [-0.25, -0.2) is 0 Å². The number of fused-ring (bicyclic) bond motifs is 1. The maximum absolute atomic E-state index is 13.6. The molecule has 0 bridgehead atoms. The number of rotatable bonds is 2. The molecule has 2 fully saturated rings. The van der Waals surface area contributed by atoms with E-state index in [2.05, 4.69) is 0 Å². The predicted octanol–water partition coefficient (Wildman–Crippen LogP) is 2.99. The molecule has 1 heterocycles. The standard InChI is InChI=1S/C18H19F3O4/c1-10(22)13-14(11-6-3-2-4-7-11)15-12(23)8-5-9-17(15,24)25-16(13)18(19,20)21/h2-4,6-7,13-16,24H,5,8-9H2,1H3. The van der Waals surface area contributed by atoms with Crippen LogP contribution in [0.1, 0.15) is 37.7 Å². The lowest BCUT2D eigenvalue weighted by Crippen LogP contribution is -2.63. The first kappa shape index (κ1) is 18.1. The van der Waals surface area contributed by atoms with Crippen LogP contribution in [0.4, 0.5) is 13.2 Å². The van der Waals surface area contributed by atoms with Crippen LogP contribution in [0, 0.1) is 11.8 Å². The third-order valence-corrected chi connectivity index (χ3v) is 5.17. The summed E-state index contributed by atoms with van der Waals surface area (Å²) in [6, 6.07) is 8.14. The number of hydrogen-bond acceptors (Lipinski definition) is 4. The molecule has 136 valence electrons. The molecule has 3 rings (SSSR count). The summed E-state index contributed by atoms with van der Waals surface area (Å²) in [6.45, 7) is 1.07. The highest BCUT2D eigenvalue weighted by atomic mass is 19.4. The van der Waals surface area contributed by atoms with Gasteiger partial charge in [-0.15, -0.1) is 0 Å². The Kier molecular flexibility index (Phi) is 4.49. The third-order valence-electron chi connectivity index (χ3n) is 5.17. The summed E-state index contributed by atoms with van der Waals surface area (Å²) in [5.41, 5.74) is 0.430. The summed E-state index contributed by atoms with van der Waals surface area (Å²) >= 11 is 0. The Balaban J connectivity index is 2.18. The normalized spacial score (nSPS) is 36.0. The molecule has 1 aromatic carbocycles. The highest BCUT2D eigenvalue weighted by Crippen LogP contribution is 2.54. The second-order valence-corrected chi connectivity index (χ2v) is 6.80. The molecular formula is C18H19F3O4. The van der Waals surface area contributed by atoms with Crippen LogP contribution in [-0.2, 0) is 14.3 Å². The number of benzene rings is 1. The highest BCUT2D eigenvalue weighted by Gasteiger charge is 2.64. The molecule has 1 aliphatic heterocycles. The number of carbonyl (C=O) groups is 2. The first-order chi connectivity index (χ1) is 11.6. The maximum Gasteiger partial charge on any atom is 0.415 e. The summed E-state index contributed by atoms with van der Waals surface area (Å²) in [5, 5.41) is 10.8. The molecule has 0 amide bonds. The van der Waals surface area contributed by atoms with Gasteiger partial charge in [0, 0.05) is 18.8 Å². The van der Waals surface area contributed by atoms with Crippen molar-refractivity contribution in [1.29, 1.82) is 0 Å². The first-order valence-corrected chi connectivity index (χ1v) is 8.20. The molecule has 0 spiro atoms. The van der Waals surface area contributed by atoms with Crippen LogP contribution in [0.2, 0.25) is 0 Å².